The highest BCUT2D eigenvalue weighted by Gasteiger charge is 2.43. The summed E-state index contributed by atoms with van der Waals surface area (Å²) in [4.78, 5) is 81.2. The number of carbonyl (C=O) groups excluding carboxylic acids is 4. The molecule has 0 unspecified atom stereocenters. The van der Waals surface area contributed by atoms with E-state index in [2.05, 4.69) is 45.9 Å². The van der Waals surface area contributed by atoms with Crippen LogP contribution in [0.4, 0.5) is 38.0 Å². The Bertz CT molecular complexity index is 3560. The molecule has 2 aliphatic rings. The van der Waals surface area contributed by atoms with Crippen molar-refractivity contribution in [2.75, 3.05) is 21.7 Å². The van der Waals surface area contributed by atoms with Gasteiger partial charge in [0.25, 0.3) is 17.5 Å². The number of aromatic nitrogens is 6. The van der Waals surface area contributed by atoms with E-state index in [0.29, 0.717) is 77.9 Å². The molecule has 11 rings (SSSR count). The van der Waals surface area contributed by atoms with Crippen LogP contribution in [-0.4, -0.2) is 70.1 Å². The fourth-order valence-electron chi connectivity index (χ4n) is 6.79. The number of furan rings is 2. The number of fused-ring (bicyclic) bond motifs is 2. The number of carbonyl (C=O) groups is 4. The lowest BCUT2D eigenvalue weighted by Gasteiger charge is -2.11. The fourth-order valence-corrected chi connectivity index (χ4v) is 7.20. The van der Waals surface area contributed by atoms with Gasteiger partial charge in [-0.1, -0.05) is 30.6 Å². The number of nitrogens with two attached hydrogens (primary N) is 1. The number of anilines is 4. The van der Waals surface area contributed by atoms with Crippen LogP contribution in [0.5, 0.6) is 5.75 Å². The minimum Gasteiger partial charge on any atom is -1.00 e. The predicted octanol–water partition coefficient (Wildman–Crippen LogP) is 9.23. The number of nitro benzene ring substituents is 1. The lowest BCUT2D eigenvalue weighted by Crippen LogP contribution is -3.00. The van der Waals surface area contributed by atoms with E-state index in [1.807, 2.05) is 13.8 Å². The van der Waals surface area contributed by atoms with E-state index in [0.717, 1.165) is 25.7 Å². The molecule has 3 aromatic carbocycles. The molecule has 0 atom stereocenters. The van der Waals surface area contributed by atoms with E-state index in [-0.39, 0.29) is 71.8 Å². The first kappa shape index (κ1) is 55.2. The molecule has 2 aliphatic carbocycles. The summed E-state index contributed by atoms with van der Waals surface area (Å²) in [5.41, 5.74) is 10.5. The van der Waals surface area contributed by atoms with Gasteiger partial charge in [-0.15, -0.1) is 0 Å². The van der Waals surface area contributed by atoms with Gasteiger partial charge in [-0.2, -0.15) is 0 Å². The highest BCUT2D eigenvalue weighted by atomic mass is 127. The molecule has 3 amide bonds. The minimum atomic E-state index is -0.779. The summed E-state index contributed by atoms with van der Waals surface area (Å²) in [5, 5.41) is 19.5. The third kappa shape index (κ3) is 14.0. The Hall–Kier alpha value is -8.55. The Kier molecular flexibility index (Phi) is 16.9. The molecule has 392 valence electrons. The van der Waals surface area contributed by atoms with Crippen molar-refractivity contribution in [3.05, 3.63) is 154 Å². The smallest absolute Gasteiger partial charge is 0.514 e. The number of H-pyrrole nitrogens is 2. The average molecular weight is 1190 g/mol. The second kappa shape index (κ2) is 23.3. The average Bonchev–Trinajstić information content (AvgIpc) is 3.85. The van der Waals surface area contributed by atoms with Crippen molar-refractivity contribution >= 4 is 98.0 Å². The number of amides is 3. The first-order chi connectivity index (χ1) is 35.5. The van der Waals surface area contributed by atoms with Crippen LogP contribution in [0.1, 0.15) is 68.1 Å². The summed E-state index contributed by atoms with van der Waals surface area (Å²) in [6.07, 6.45) is 8.01. The molecule has 76 heavy (non-hydrogen) atoms. The third-order valence-corrected chi connectivity index (χ3v) is 11.9. The van der Waals surface area contributed by atoms with Crippen molar-refractivity contribution in [2.24, 2.45) is 0 Å². The number of nitrogens with zero attached hydrogens (tertiary/aromatic N) is 5. The quantitative estimate of drug-likeness (QED) is 0.0231. The molecule has 22 nitrogen and oxygen atoms in total. The molecule has 7 N–H and O–H groups in total. The lowest BCUT2D eigenvalue weighted by atomic mass is 10.2. The van der Waals surface area contributed by atoms with Crippen molar-refractivity contribution in [1.29, 1.82) is 0 Å². The number of imidazole rings is 2. The summed E-state index contributed by atoms with van der Waals surface area (Å²) in [5.74, 6) is 0.923. The van der Waals surface area contributed by atoms with Crippen molar-refractivity contribution < 1.29 is 71.1 Å². The van der Waals surface area contributed by atoms with Crippen molar-refractivity contribution in [3.8, 4) is 28.5 Å². The number of hydrogen-bond donors (Lipinski definition) is 6. The van der Waals surface area contributed by atoms with Gasteiger partial charge in [0.05, 0.1) is 62.3 Å². The Labute approximate surface area is 458 Å². The number of aromatic amines is 2. The van der Waals surface area contributed by atoms with E-state index in [1.165, 1.54) is 49.2 Å². The van der Waals surface area contributed by atoms with Gasteiger partial charge in [-0.25, -0.2) is 29.5 Å². The maximum atomic E-state index is 12.2. The van der Waals surface area contributed by atoms with Crippen LogP contribution in [0.15, 0.2) is 131 Å². The lowest BCUT2D eigenvalue weighted by molar-refractivity contribution is -0.384. The molecular weight excluding hydrogens is 1140 g/mol. The van der Waals surface area contributed by atoms with E-state index in [9.17, 15) is 29.3 Å². The minimum absolute atomic E-state index is 0. The van der Waals surface area contributed by atoms with Gasteiger partial charge in [0.1, 0.15) is 28.6 Å². The number of nitro groups is 1. The van der Waals surface area contributed by atoms with Gasteiger partial charge in [0.2, 0.25) is 0 Å². The number of pyridine rings is 2. The number of benzene rings is 3. The number of halogens is 3. The van der Waals surface area contributed by atoms with Crippen molar-refractivity contribution in [1.82, 2.24) is 29.9 Å². The van der Waals surface area contributed by atoms with E-state index < -0.39 is 22.8 Å². The number of rotatable bonds is 11. The molecule has 9 aromatic rings. The summed E-state index contributed by atoms with van der Waals surface area (Å²) in [6, 6.07) is 25.3. The Morgan fingerprint density at radius 2 is 1.18 bits per heavy atom. The molecule has 2 fully saturated rings. The fraction of sp³-hybridized carbons (Fsp3) is 0.176. The van der Waals surface area contributed by atoms with Gasteiger partial charge >= 0.3 is 12.2 Å². The summed E-state index contributed by atoms with van der Waals surface area (Å²) in [6.45, 7) is 3.72. The number of nitrogens with one attached hydrogen (secondary N) is 5. The summed E-state index contributed by atoms with van der Waals surface area (Å²) in [7, 11) is 0. The van der Waals surface area contributed by atoms with Crippen LogP contribution >= 0.6 is 23.2 Å². The highest BCUT2D eigenvalue weighted by molar-refractivity contribution is 6.33. The van der Waals surface area contributed by atoms with Gasteiger partial charge in [0, 0.05) is 34.6 Å². The Balaban J connectivity index is 0.000000171. The van der Waals surface area contributed by atoms with Crippen LogP contribution in [0.3, 0.4) is 0 Å². The van der Waals surface area contributed by atoms with Gasteiger partial charge in [-0.05, 0) is 124 Å². The highest BCUT2D eigenvalue weighted by Crippen LogP contribution is 2.40. The zero-order chi connectivity index (χ0) is 52.1. The topological polar surface area (TPSA) is 311 Å². The number of hydrogen-bond acceptors (Lipinski definition) is 16. The maximum Gasteiger partial charge on any atom is 0.514 e. The SMILES string of the molecule is C.CC1(OC(=O)Nc2cnc3nc(-c4cc(NC(=O)c5ccco5)ccc4Cl)[nH]c3c2)CC1.CC1(OC(=O)Oc2ccc([N+](=O)[O-])cc2)CC1.Nc1cnc2nc(-c3cc(NC(=O)c4ccco4)ccc3Cl)[nH]c2c1.[I-]. The van der Waals surface area contributed by atoms with Crippen LogP contribution < -0.4 is 50.4 Å². The van der Waals surface area contributed by atoms with Gasteiger partial charge < -0.3 is 73.4 Å². The molecule has 6 aromatic heterocycles. The zero-order valence-electron chi connectivity index (χ0n) is 39.3. The van der Waals surface area contributed by atoms with Crippen LogP contribution in [0.2, 0.25) is 10.0 Å². The molecule has 25 heteroatoms. The normalized spacial score (nSPS) is 13.2. The number of nitrogen functional groups attached to an aromatic ring is 1. The zero-order valence-corrected chi connectivity index (χ0v) is 43.0. The first-order valence-electron chi connectivity index (χ1n) is 22.4. The molecule has 2 saturated carbocycles. The van der Waals surface area contributed by atoms with Crippen molar-refractivity contribution in [3.63, 3.8) is 0 Å². The van der Waals surface area contributed by atoms with Gasteiger partial charge in [-0.3, -0.25) is 25.0 Å². The van der Waals surface area contributed by atoms with Crippen LogP contribution in [0, 0.1) is 10.1 Å². The van der Waals surface area contributed by atoms with Crippen LogP contribution in [0.25, 0.3) is 45.1 Å². The molecule has 6 heterocycles. The predicted molar refractivity (Wildman–Crippen MR) is 279 cm³/mol. The molecule has 0 radical (unpaired) electrons. The van der Waals surface area contributed by atoms with E-state index in [4.69, 9.17) is 52.0 Å². The largest absolute Gasteiger partial charge is 1.00 e. The molecule has 0 saturated heterocycles. The summed E-state index contributed by atoms with van der Waals surface area (Å²) < 4.78 is 25.5. The molecule has 0 bridgehead atoms. The summed E-state index contributed by atoms with van der Waals surface area (Å²) >= 11 is 12.7. The van der Waals surface area contributed by atoms with Gasteiger partial charge in [0.15, 0.2) is 22.8 Å². The Morgan fingerprint density at radius 1 is 0.684 bits per heavy atom. The van der Waals surface area contributed by atoms with Crippen molar-refractivity contribution in [2.45, 2.75) is 58.2 Å². The van der Waals surface area contributed by atoms with Crippen LogP contribution in [-0.2, 0) is 9.47 Å². The monoisotopic (exact) mass is 1180 g/mol. The van der Waals surface area contributed by atoms with E-state index in [1.54, 1.807) is 72.8 Å². The Morgan fingerprint density at radius 3 is 1.67 bits per heavy atom. The number of ether oxygens (including phenoxy) is 3. The third-order valence-electron chi connectivity index (χ3n) is 11.2. The van der Waals surface area contributed by atoms with E-state index >= 15 is 0 Å². The molecule has 0 spiro atoms. The maximum absolute atomic E-state index is 12.2. The molecular formula is C51H45Cl2IN11O11-. The standard InChI is InChI=1S/C22H18ClN5O4.C17H12ClN5O2.C11H11NO5.CH4.HI/c1-22(6-7-22)32-21(30)26-13-10-16-19(24-11-13)28-18(27-16)14-9-12(4-5-15(14)23)25-20(29)17-3-2-8-31-17;18-12-4-3-10(21-17(24)14-2-1-5-25-14)7-11(12)15-22-13-6-9(19)8-20-16(13)23-15;1-11(6-7-11)17-10(13)16-9-4-2-8(3-5-9)12(14)15;;/h2-5,8-11H,6-7H2,1H3,(H,25,29)(H,26,30)(H,24,27,28);1-8H,19H2,(H,21,24)(H,20,22,23);2-5H,6-7H2,1H3;1H4;1H/p-1. The first-order valence-corrected chi connectivity index (χ1v) is 23.1. The second-order valence-electron chi connectivity index (χ2n) is 17.3. The molecule has 0 aliphatic heterocycles. The number of non-ortho nitro benzene ring substituents is 1. The second-order valence-corrected chi connectivity index (χ2v) is 18.1.